The van der Waals surface area contributed by atoms with Crippen LogP contribution < -0.4 is 0 Å². The Labute approximate surface area is 336 Å². The molecule has 0 spiro atoms. The molecule has 0 nitrogen and oxygen atoms in total. The predicted molar refractivity (Wildman–Crippen MR) is 234 cm³/mol. The van der Waals surface area contributed by atoms with Crippen molar-refractivity contribution in [2.24, 2.45) is 0 Å². The Hall–Kier alpha value is -2.52. The molecule has 6 heteroatoms. The predicted octanol–water partition coefficient (Wildman–Crippen LogP) is 15.9. The first kappa shape index (κ1) is 38.3. The third-order valence-electron chi connectivity index (χ3n) is 6.62. The van der Waals surface area contributed by atoms with Crippen molar-refractivity contribution >= 4 is 134 Å². The minimum absolute atomic E-state index is 0.765. The molecule has 48 heavy (non-hydrogen) atoms. The molecule has 0 saturated heterocycles. The van der Waals surface area contributed by atoms with Crippen LogP contribution in [0.25, 0.3) is 36.5 Å². The van der Waals surface area contributed by atoms with E-state index in [9.17, 15) is 0 Å². The first-order valence-electron chi connectivity index (χ1n) is 14.8. The van der Waals surface area contributed by atoms with Gasteiger partial charge in [0.1, 0.15) is 0 Å². The van der Waals surface area contributed by atoms with Crippen molar-refractivity contribution in [1.82, 2.24) is 0 Å². The number of benzene rings is 6. The molecule has 0 aromatic heterocycles. The topological polar surface area (TPSA) is 0 Å². The van der Waals surface area contributed by atoms with Gasteiger partial charge < -0.3 is 0 Å². The van der Waals surface area contributed by atoms with Crippen molar-refractivity contribution < 1.29 is 0 Å². The van der Waals surface area contributed by atoms with Gasteiger partial charge in [-0.1, -0.05) is 185 Å². The summed E-state index contributed by atoms with van der Waals surface area (Å²) in [5.41, 5.74) is 7.16. The standard InChI is InChI=1S/C14H10Br2.C14H10BrCl.C14H10BrI/c3*15-13-7-3-11(4-8-13)1-2-12-5-9-14(16)10-6-12/h3*1-10H. The Kier molecular flexibility index (Phi) is 16.6. The number of rotatable bonds is 6. The fraction of sp³-hybridized carbons (Fsp3) is 0. The fourth-order valence-corrected chi connectivity index (χ4v) is 5.56. The van der Waals surface area contributed by atoms with Crippen molar-refractivity contribution in [2.45, 2.75) is 0 Å². The van der Waals surface area contributed by atoms with E-state index in [4.69, 9.17) is 11.6 Å². The first-order valence-corrected chi connectivity index (χ1v) is 19.4. The van der Waals surface area contributed by atoms with E-state index in [2.05, 4.69) is 196 Å². The minimum atomic E-state index is 0.765. The first-order chi connectivity index (χ1) is 23.2. The Balaban J connectivity index is 0.000000163. The molecule has 6 aromatic carbocycles. The second-order valence-corrected chi connectivity index (χ2v) is 15.7. The van der Waals surface area contributed by atoms with E-state index in [-0.39, 0.29) is 0 Å². The molecular formula is C42H30Br4ClI. The molecule has 0 atom stereocenters. The Morgan fingerprint density at radius 3 is 0.729 bits per heavy atom. The summed E-state index contributed by atoms with van der Waals surface area (Å²) < 4.78 is 5.68. The van der Waals surface area contributed by atoms with Crippen LogP contribution in [0.5, 0.6) is 0 Å². The van der Waals surface area contributed by atoms with E-state index in [0.717, 1.165) is 28.5 Å². The zero-order valence-electron chi connectivity index (χ0n) is 25.6. The van der Waals surface area contributed by atoms with Crippen LogP contribution in [0.2, 0.25) is 5.02 Å². The molecule has 0 bridgehead atoms. The summed E-state index contributed by atoms with van der Waals surface area (Å²) in [7, 11) is 0. The fourth-order valence-electron chi connectivity index (χ4n) is 4.02. The molecule has 0 heterocycles. The lowest BCUT2D eigenvalue weighted by Gasteiger charge is -1.95. The van der Waals surface area contributed by atoms with E-state index >= 15 is 0 Å². The van der Waals surface area contributed by atoms with Crippen molar-refractivity contribution in [3.05, 3.63) is 205 Å². The molecule has 0 saturated carbocycles. The maximum absolute atomic E-state index is 5.82. The number of hydrogen-bond acceptors (Lipinski definition) is 0. The highest BCUT2D eigenvalue weighted by molar-refractivity contribution is 14.1. The summed E-state index contributed by atoms with van der Waals surface area (Å²) in [5, 5.41) is 0.765. The molecule has 0 fully saturated rings. The average molecular weight is 1020 g/mol. The van der Waals surface area contributed by atoms with Crippen LogP contribution in [-0.4, -0.2) is 0 Å². The van der Waals surface area contributed by atoms with Crippen LogP contribution >= 0.6 is 97.9 Å². The van der Waals surface area contributed by atoms with Gasteiger partial charge in [-0.25, -0.2) is 0 Å². The maximum Gasteiger partial charge on any atom is 0.0406 e. The molecule has 0 aliphatic heterocycles. The van der Waals surface area contributed by atoms with Crippen LogP contribution in [0, 0.1) is 3.57 Å². The van der Waals surface area contributed by atoms with Gasteiger partial charge in [0.05, 0.1) is 0 Å². The summed E-state index contributed by atoms with van der Waals surface area (Å²) in [6, 6.07) is 49.2. The second kappa shape index (κ2) is 20.9. The molecule has 6 aromatic rings. The van der Waals surface area contributed by atoms with Crippen LogP contribution in [0.3, 0.4) is 0 Å². The van der Waals surface area contributed by atoms with Gasteiger partial charge in [0.15, 0.2) is 0 Å². The molecule has 0 radical (unpaired) electrons. The maximum atomic E-state index is 5.82. The van der Waals surface area contributed by atoms with Crippen LogP contribution in [-0.2, 0) is 0 Å². The molecule has 0 aliphatic carbocycles. The zero-order chi connectivity index (χ0) is 34.1. The van der Waals surface area contributed by atoms with Gasteiger partial charge in [0, 0.05) is 26.5 Å². The van der Waals surface area contributed by atoms with Gasteiger partial charge in [-0.3, -0.25) is 0 Å². The van der Waals surface area contributed by atoms with Crippen LogP contribution in [0.1, 0.15) is 33.4 Å². The van der Waals surface area contributed by atoms with Crippen molar-refractivity contribution in [2.75, 3.05) is 0 Å². The SMILES string of the molecule is Brc1ccc(C=Cc2ccc(Br)cc2)cc1.Brc1ccc(C=Cc2ccc(I)cc2)cc1.Clc1ccc(C=Cc2ccc(Br)cc2)cc1. The second-order valence-electron chi connectivity index (χ2n) is 10.3. The smallest absolute Gasteiger partial charge is 0.0406 e. The Bertz CT molecular complexity index is 1540. The molecular weight excluding hydrogens is 986 g/mol. The highest BCUT2D eigenvalue weighted by atomic mass is 127. The molecule has 0 unspecified atom stereocenters. The summed E-state index contributed by atoms with van der Waals surface area (Å²) in [6.45, 7) is 0. The number of hydrogen-bond donors (Lipinski definition) is 0. The van der Waals surface area contributed by atoms with Gasteiger partial charge in [-0.05, 0) is 129 Å². The van der Waals surface area contributed by atoms with E-state index in [1.165, 1.54) is 31.4 Å². The summed E-state index contributed by atoms with van der Waals surface area (Å²) in [5.74, 6) is 0. The quantitative estimate of drug-likeness (QED) is 0.115. The largest absolute Gasteiger partial charge is 0.0843 e. The van der Waals surface area contributed by atoms with Gasteiger partial charge in [0.25, 0.3) is 0 Å². The zero-order valence-corrected chi connectivity index (χ0v) is 34.8. The highest BCUT2D eigenvalue weighted by Crippen LogP contribution is 2.17. The molecule has 0 N–H and O–H groups in total. The minimum Gasteiger partial charge on any atom is -0.0843 e. The Morgan fingerprint density at radius 2 is 0.500 bits per heavy atom. The summed E-state index contributed by atoms with van der Waals surface area (Å²) in [4.78, 5) is 0. The lowest BCUT2D eigenvalue weighted by Crippen LogP contribution is -1.74. The summed E-state index contributed by atoms with van der Waals surface area (Å²) in [6.07, 6.45) is 12.6. The van der Waals surface area contributed by atoms with E-state index < -0.39 is 0 Å². The lowest BCUT2D eigenvalue weighted by atomic mass is 10.1. The van der Waals surface area contributed by atoms with E-state index in [1.54, 1.807) is 0 Å². The molecule has 6 rings (SSSR count). The van der Waals surface area contributed by atoms with E-state index in [0.29, 0.717) is 0 Å². The van der Waals surface area contributed by atoms with Crippen molar-refractivity contribution in [1.29, 1.82) is 0 Å². The van der Waals surface area contributed by atoms with E-state index in [1.807, 2.05) is 72.8 Å². The van der Waals surface area contributed by atoms with Crippen LogP contribution in [0.15, 0.2) is 163 Å². The average Bonchev–Trinajstić information content (AvgIpc) is 3.10. The summed E-state index contributed by atoms with van der Waals surface area (Å²) >= 11 is 21.8. The normalized spacial score (nSPS) is 10.9. The third kappa shape index (κ3) is 14.9. The van der Waals surface area contributed by atoms with Crippen molar-refractivity contribution in [3.8, 4) is 0 Å². The molecule has 0 amide bonds. The monoisotopic (exact) mass is 1010 g/mol. The third-order valence-corrected chi connectivity index (χ3v) is 9.71. The van der Waals surface area contributed by atoms with Gasteiger partial charge in [0.2, 0.25) is 0 Å². The highest BCUT2D eigenvalue weighted by Gasteiger charge is 1.92. The molecule has 0 aliphatic rings. The van der Waals surface area contributed by atoms with Gasteiger partial charge in [-0.2, -0.15) is 0 Å². The molecule has 240 valence electrons. The lowest BCUT2D eigenvalue weighted by molar-refractivity contribution is 1.60. The van der Waals surface area contributed by atoms with Gasteiger partial charge >= 0.3 is 0 Å². The van der Waals surface area contributed by atoms with Gasteiger partial charge in [-0.15, -0.1) is 0 Å². The van der Waals surface area contributed by atoms with Crippen molar-refractivity contribution in [3.63, 3.8) is 0 Å². The Morgan fingerprint density at radius 1 is 0.312 bits per heavy atom. The van der Waals surface area contributed by atoms with Crippen LogP contribution in [0.4, 0.5) is 0 Å². The number of halogens is 6.